The van der Waals surface area contributed by atoms with Gasteiger partial charge in [-0.2, -0.15) is 5.10 Å². The molecular formula is C21H23N5OS. The van der Waals surface area contributed by atoms with E-state index < -0.39 is 0 Å². The number of H-pyrrole nitrogens is 1. The summed E-state index contributed by atoms with van der Waals surface area (Å²) < 4.78 is 2.25. The van der Waals surface area contributed by atoms with Crippen LogP contribution in [-0.2, 0) is 11.3 Å². The summed E-state index contributed by atoms with van der Waals surface area (Å²) in [5.41, 5.74) is 3.30. The fourth-order valence-electron chi connectivity index (χ4n) is 3.56. The molecule has 4 rings (SSSR count). The lowest BCUT2D eigenvalue weighted by Crippen LogP contribution is -2.49. The monoisotopic (exact) mass is 393 g/mol. The van der Waals surface area contributed by atoms with Crippen molar-refractivity contribution in [2.24, 2.45) is 0 Å². The minimum absolute atomic E-state index is 0.0686. The van der Waals surface area contributed by atoms with Crippen LogP contribution < -0.4 is 4.90 Å². The third kappa shape index (κ3) is 3.84. The molecule has 3 aromatic rings. The van der Waals surface area contributed by atoms with Crippen LogP contribution in [0.2, 0.25) is 0 Å². The normalized spacial score (nSPS) is 14.3. The lowest BCUT2D eigenvalue weighted by molar-refractivity contribution is -0.132. The number of hydrogen-bond donors (Lipinski definition) is 1. The van der Waals surface area contributed by atoms with Gasteiger partial charge in [0.05, 0.1) is 0 Å². The van der Waals surface area contributed by atoms with Crippen LogP contribution in [-0.4, -0.2) is 51.8 Å². The molecule has 0 spiro atoms. The van der Waals surface area contributed by atoms with Gasteiger partial charge in [-0.25, -0.2) is 0 Å². The topological polar surface area (TPSA) is 57.2 Å². The largest absolute Gasteiger partial charge is 0.368 e. The Morgan fingerprint density at radius 3 is 2.54 bits per heavy atom. The van der Waals surface area contributed by atoms with E-state index in [-0.39, 0.29) is 12.5 Å². The maximum Gasteiger partial charge on any atom is 0.242 e. The summed E-state index contributed by atoms with van der Waals surface area (Å²) in [5, 5.41) is 7.17. The number of aryl methyl sites for hydroxylation is 1. The van der Waals surface area contributed by atoms with Gasteiger partial charge in [0.25, 0.3) is 0 Å². The molecule has 0 radical (unpaired) electrons. The Balaban J connectivity index is 1.45. The molecule has 1 aliphatic heterocycles. The Kier molecular flexibility index (Phi) is 5.25. The highest BCUT2D eigenvalue weighted by molar-refractivity contribution is 7.71. The molecule has 1 aliphatic rings. The summed E-state index contributed by atoms with van der Waals surface area (Å²) in [6.45, 7) is 5.31. The molecule has 1 saturated heterocycles. The highest BCUT2D eigenvalue weighted by Gasteiger charge is 2.22. The van der Waals surface area contributed by atoms with E-state index in [9.17, 15) is 4.79 Å². The number of hydrogen-bond acceptors (Lipinski definition) is 4. The molecular weight excluding hydrogens is 370 g/mol. The van der Waals surface area contributed by atoms with Crippen molar-refractivity contribution < 1.29 is 4.79 Å². The first kappa shape index (κ1) is 18.4. The predicted octanol–water partition coefficient (Wildman–Crippen LogP) is 3.26. The zero-order valence-electron chi connectivity index (χ0n) is 15.8. The minimum atomic E-state index is 0.0686. The van der Waals surface area contributed by atoms with Crippen LogP contribution in [0.5, 0.6) is 0 Å². The number of rotatable bonds is 4. The van der Waals surface area contributed by atoms with E-state index in [0.717, 1.165) is 24.2 Å². The fraction of sp³-hybridized carbons (Fsp3) is 0.286. The fourth-order valence-corrected chi connectivity index (χ4v) is 3.75. The van der Waals surface area contributed by atoms with Gasteiger partial charge in [-0.15, -0.1) is 0 Å². The van der Waals surface area contributed by atoms with Gasteiger partial charge in [-0.1, -0.05) is 42.0 Å². The SMILES string of the molecule is Cc1cccc(-c2n[nH]c(=S)n2CC(=O)N2CCN(c3ccccc3)CC2)c1. The van der Waals surface area contributed by atoms with E-state index in [1.165, 1.54) is 5.69 Å². The molecule has 7 heteroatoms. The van der Waals surface area contributed by atoms with E-state index >= 15 is 0 Å². The molecule has 28 heavy (non-hydrogen) atoms. The molecule has 2 heterocycles. The lowest BCUT2D eigenvalue weighted by Gasteiger charge is -2.36. The number of carbonyl (C=O) groups excluding carboxylic acids is 1. The van der Waals surface area contributed by atoms with Crippen molar-refractivity contribution >= 4 is 23.8 Å². The summed E-state index contributed by atoms with van der Waals surface area (Å²) in [4.78, 5) is 17.1. The highest BCUT2D eigenvalue weighted by Crippen LogP contribution is 2.20. The second kappa shape index (κ2) is 7.98. The number of piperazine rings is 1. The van der Waals surface area contributed by atoms with E-state index in [2.05, 4.69) is 27.2 Å². The first-order chi connectivity index (χ1) is 13.6. The first-order valence-corrected chi connectivity index (χ1v) is 9.82. The molecule has 1 amide bonds. The molecule has 0 bridgehead atoms. The average molecular weight is 394 g/mol. The number of aromatic amines is 1. The summed E-state index contributed by atoms with van der Waals surface area (Å²) >= 11 is 5.37. The number of aromatic nitrogens is 3. The second-order valence-corrected chi connectivity index (χ2v) is 7.40. The standard InChI is InChI=1S/C21H23N5OS/c1-16-6-5-7-17(14-16)20-22-23-21(28)26(20)15-19(27)25-12-10-24(11-13-25)18-8-3-2-4-9-18/h2-9,14H,10-13,15H2,1H3,(H,23,28). The van der Waals surface area contributed by atoms with Gasteiger partial charge in [0.15, 0.2) is 10.6 Å². The van der Waals surface area contributed by atoms with Crippen molar-refractivity contribution in [3.63, 3.8) is 0 Å². The van der Waals surface area contributed by atoms with Crippen molar-refractivity contribution in [2.75, 3.05) is 31.1 Å². The number of anilines is 1. The Morgan fingerprint density at radius 1 is 1.07 bits per heavy atom. The lowest BCUT2D eigenvalue weighted by atomic mass is 10.1. The molecule has 1 aromatic heterocycles. The molecule has 0 aliphatic carbocycles. The van der Waals surface area contributed by atoms with E-state index in [1.54, 1.807) is 4.57 Å². The molecule has 6 nitrogen and oxygen atoms in total. The maximum absolute atomic E-state index is 12.9. The Labute approximate surface area is 169 Å². The van der Waals surface area contributed by atoms with Crippen LogP contribution in [0.4, 0.5) is 5.69 Å². The molecule has 144 valence electrons. The molecule has 0 saturated carbocycles. The van der Waals surface area contributed by atoms with Gasteiger partial charge in [0.1, 0.15) is 6.54 Å². The molecule has 0 atom stereocenters. The predicted molar refractivity (Wildman–Crippen MR) is 113 cm³/mol. The van der Waals surface area contributed by atoms with Gasteiger partial charge in [0.2, 0.25) is 5.91 Å². The van der Waals surface area contributed by atoms with E-state index in [0.29, 0.717) is 23.7 Å². The van der Waals surface area contributed by atoms with Gasteiger partial charge in [-0.05, 0) is 37.3 Å². The summed E-state index contributed by atoms with van der Waals surface area (Å²) in [5.74, 6) is 0.768. The molecule has 1 N–H and O–H groups in total. The number of para-hydroxylation sites is 1. The Morgan fingerprint density at radius 2 is 1.82 bits per heavy atom. The maximum atomic E-state index is 12.9. The second-order valence-electron chi connectivity index (χ2n) is 7.01. The zero-order valence-corrected chi connectivity index (χ0v) is 16.7. The van der Waals surface area contributed by atoms with E-state index in [4.69, 9.17) is 12.2 Å². The minimum Gasteiger partial charge on any atom is -0.368 e. The van der Waals surface area contributed by atoms with Gasteiger partial charge < -0.3 is 9.80 Å². The summed E-state index contributed by atoms with van der Waals surface area (Å²) in [6, 6.07) is 18.4. The Hall–Kier alpha value is -2.93. The van der Waals surface area contributed by atoms with Gasteiger partial charge >= 0.3 is 0 Å². The van der Waals surface area contributed by atoms with Crippen molar-refractivity contribution in [1.29, 1.82) is 0 Å². The van der Waals surface area contributed by atoms with Gasteiger partial charge in [-0.3, -0.25) is 14.5 Å². The third-order valence-corrected chi connectivity index (χ3v) is 5.39. The van der Waals surface area contributed by atoms with Gasteiger partial charge in [0, 0.05) is 37.4 Å². The van der Waals surface area contributed by atoms with Crippen LogP contribution in [0.3, 0.4) is 0 Å². The molecule has 0 unspecified atom stereocenters. The van der Waals surface area contributed by atoms with Crippen LogP contribution >= 0.6 is 12.2 Å². The number of benzene rings is 2. The number of nitrogens with zero attached hydrogens (tertiary/aromatic N) is 4. The Bertz CT molecular complexity index is 1020. The van der Waals surface area contributed by atoms with Crippen molar-refractivity contribution in [1.82, 2.24) is 19.7 Å². The third-order valence-electron chi connectivity index (χ3n) is 5.08. The molecule has 1 fully saturated rings. The van der Waals surface area contributed by atoms with Crippen LogP contribution in [0.1, 0.15) is 5.56 Å². The van der Waals surface area contributed by atoms with Crippen molar-refractivity contribution in [3.05, 3.63) is 64.9 Å². The molecule has 2 aromatic carbocycles. The summed E-state index contributed by atoms with van der Waals surface area (Å²) in [7, 11) is 0. The first-order valence-electron chi connectivity index (χ1n) is 9.42. The van der Waals surface area contributed by atoms with Crippen molar-refractivity contribution in [3.8, 4) is 11.4 Å². The van der Waals surface area contributed by atoms with E-state index in [1.807, 2.05) is 54.3 Å². The van der Waals surface area contributed by atoms with Crippen LogP contribution in [0.25, 0.3) is 11.4 Å². The smallest absolute Gasteiger partial charge is 0.242 e. The number of nitrogens with one attached hydrogen (secondary N) is 1. The quantitative estimate of drug-likeness (QED) is 0.691. The van der Waals surface area contributed by atoms with Crippen LogP contribution in [0, 0.1) is 11.7 Å². The average Bonchev–Trinajstić information content (AvgIpc) is 3.09. The van der Waals surface area contributed by atoms with Crippen molar-refractivity contribution in [2.45, 2.75) is 13.5 Å². The summed E-state index contributed by atoms with van der Waals surface area (Å²) in [6.07, 6.45) is 0. The number of amides is 1. The highest BCUT2D eigenvalue weighted by atomic mass is 32.1. The number of carbonyl (C=O) groups is 1. The zero-order chi connectivity index (χ0) is 19.5. The van der Waals surface area contributed by atoms with Crippen LogP contribution in [0.15, 0.2) is 54.6 Å².